The highest BCUT2D eigenvalue weighted by atomic mass is 16.6. The van der Waals surface area contributed by atoms with E-state index in [1.807, 2.05) is 0 Å². The summed E-state index contributed by atoms with van der Waals surface area (Å²) in [6, 6.07) is 0. The number of hydrogen-bond acceptors (Lipinski definition) is 2. The van der Waals surface area contributed by atoms with Gasteiger partial charge in [0.25, 0.3) is 0 Å². The molecule has 11 heavy (non-hydrogen) atoms. The standard InChI is InChI=1S/C9H18O2/c1-5-8-6(2)9(10-4)7(3)11-8/h6-9H,5H2,1-4H3/t6?,7-,8+,9?/m0/s1. The summed E-state index contributed by atoms with van der Waals surface area (Å²) in [4.78, 5) is 0. The molecule has 0 aromatic heterocycles. The van der Waals surface area contributed by atoms with E-state index in [0.29, 0.717) is 18.1 Å². The molecule has 0 amide bonds. The smallest absolute Gasteiger partial charge is 0.0880 e. The maximum atomic E-state index is 5.70. The molecule has 1 heterocycles. The number of hydrogen-bond donors (Lipinski definition) is 0. The number of rotatable bonds is 2. The third-order valence-electron chi connectivity index (χ3n) is 2.63. The molecule has 2 unspecified atom stereocenters. The quantitative estimate of drug-likeness (QED) is 0.610. The molecule has 1 aliphatic heterocycles. The van der Waals surface area contributed by atoms with E-state index in [4.69, 9.17) is 9.47 Å². The zero-order valence-corrected chi connectivity index (χ0v) is 7.83. The van der Waals surface area contributed by atoms with Crippen LogP contribution in [0.25, 0.3) is 0 Å². The summed E-state index contributed by atoms with van der Waals surface area (Å²) in [5.41, 5.74) is 0. The van der Waals surface area contributed by atoms with Crippen molar-refractivity contribution in [2.75, 3.05) is 7.11 Å². The van der Waals surface area contributed by atoms with Crippen molar-refractivity contribution in [3.05, 3.63) is 0 Å². The lowest BCUT2D eigenvalue weighted by atomic mass is 9.97. The Balaban J connectivity index is 2.55. The van der Waals surface area contributed by atoms with E-state index in [-0.39, 0.29) is 6.10 Å². The molecule has 0 spiro atoms. The maximum Gasteiger partial charge on any atom is 0.0880 e. The van der Waals surface area contributed by atoms with Gasteiger partial charge >= 0.3 is 0 Å². The molecular weight excluding hydrogens is 140 g/mol. The van der Waals surface area contributed by atoms with E-state index in [9.17, 15) is 0 Å². The van der Waals surface area contributed by atoms with Crippen LogP contribution >= 0.6 is 0 Å². The molecule has 0 N–H and O–H groups in total. The molecule has 2 nitrogen and oxygen atoms in total. The van der Waals surface area contributed by atoms with Gasteiger partial charge in [-0.25, -0.2) is 0 Å². The van der Waals surface area contributed by atoms with E-state index in [0.717, 1.165) is 6.42 Å². The van der Waals surface area contributed by atoms with Gasteiger partial charge < -0.3 is 9.47 Å². The third-order valence-corrected chi connectivity index (χ3v) is 2.63. The van der Waals surface area contributed by atoms with E-state index in [1.54, 1.807) is 7.11 Å². The first-order chi connectivity index (χ1) is 5.20. The van der Waals surface area contributed by atoms with Crippen molar-refractivity contribution in [1.29, 1.82) is 0 Å². The predicted molar refractivity (Wildman–Crippen MR) is 44.6 cm³/mol. The predicted octanol–water partition coefficient (Wildman–Crippen LogP) is 1.83. The summed E-state index contributed by atoms with van der Waals surface area (Å²) in [5.74, 6) is 0.542. The lowest BCUT2D eigenvalue weighted by molar-refractivity contribution is 0.00489. The molecule has 66 valence electrons. The average molecular weight is 158 g/mol. The highest BCUT2D eigenvalue weighted by molar-refractivity contribution is 4.85. The van der Waals surface area contributed by atoms with Gasteiger partial charge in [-0.05, 0) is 13.3 Å². The highest BCUT2D eigenvalue weighted by Gasteiger charge is 2.38. The third kappa shape index (κ3) is 1.57. The summed E-state index contributed by atoms with van der Waals surface area (Å²) >= 11 is 0. The molecular formula is C9H18O2. The molecule has 0 aromatic rings. The van der Waals surface area contributed by atoms with Crippen LogP contribution in [0.1, 0.15) is 27.2 Å². The Kier molecular flexibility index (Phi) is 2.90. The van der Waals surface area contributed by atoms with Crippen LogP contribution in [0.5, 0.6) is 0 Å². The highest BCUT2D eigenvalue weighted by Crippen LogP contribution is 2.30. The maximum absolute atomic E-state index is 5.70. The Morgan fingerprint density at radius 2 is 2.00 bits per heavy atom. The van der Waals surface area contributed by atoms with E-state index in [2.05, 4.69) is 20.8 Å². The summed E-state index contributed by atoms with van der Waals surface area (Å²) in [6.07, 6.45) is 2.04. The molecule has 0 saturated carbocycles. The lowest BCUT2D eigenvalue weighted by Gasteiger charge is -2.16. The van der Waals surface area contributed by atoms with Crippen LogP contribution in [0.4, 0.5) is 0 Å². The lowest BCUT2D eigenvalue weighted by Crippen LogP contribution is -2.25. The minimum Gasteiger partial charge on any atom is -0.378 e. The van der Waals surface area contributed by atoms with E-state index < -0.39 is 0 Å². The molecule has 0 bridgehead atoms. The van der Waals surface area contributed by atoms with Crippen LogP contribution < -0.4 is 0 Å². The molecule has 1 saturated heterocycles. The van der Waals surface area contributed by atoms with Gasteiger partial charge in [-0.3, -0.25) is 0 Å². The van der Waals surface area contributed by atoms with Crippen molar-refractivity contribution in [2.24, 2.45) is 5.92 Å². The van der Waals surface area contributed by atoms with Gasteiger partial charge in [0.05, 0.1) is 18.3 Å². The summed E-state index contributed by atoms with van der Waals surface area (Å²) in [6.45, 7) is 6.44. The topological polar surface area (TPSA) is 18.5 Å². The number of methoxy groups -OCH3 is 1. The molecule has 0 radical (unpaired) electrons. The molecule has 2 heteroatoms. The molecule has 4 atom stereocenters. The Labute approximate surface area is 68.9 Å². The first kappa shape index (κ1) is 9.01. The fourth-order valence-corrected chi connectivity index (χ4v) is 1.99. The first-order valence-electron chi connectivity index (χ1n) is 4.39. The monoisotopic (exact) mass is 158 g/mol. The van der Waals surface area contributed by atoms with Gasteiger partial charge in [-0.1, -0.05) is 13.8 Å². The van der Waals surface area contributed by atoms with Crippen LogP contribution in [0.2, 0.25) is 0 Å². The second-order valence-electron chi connectivity index (χ2n) is 3.35. The van der Waals surface area contributed by atoms with E-state index >= 15 is 0 Å². The van der Waals surface area contributed by atoms with Gasteiger partial charge in [0, 0.05) is 13.0 Å². The minimum atomic E-state index is 0.264. The summed E-state index contributed by atoms with van der Waals surface area (Å²) in [7, 11) is 1.76. The molecule has 0 aromatic carbocycles. The second kappa shape index (κ2) is 3.55. The van der Waals surface area contributed by atoms with Gasteiger partial charge in [0.15, 0.2) is 0 Å². The Bertz CT molecular complexity index is 125. The Hall–Kier alpha value is -0.0800. The van der Waals surface area contributed by atoms with Crippen molar-refractivity contribution in [2.45, 2.75) is 45.5 Å². The normalized spacial score (nSPS) is 44.7. The van der Waals surface area contributed by atoms with Crippen LogP contribution in [-0.2, 0) is 9.47 Å². The van der Waals surface area contributed by atoms with Crippen molar-refractivity contribution >= 4 is 0 Å². The SMILES string of the molecule is CC[C@H]1O[C@@H](C)C(OC)C1C. The van der Waals surface area contributed by atoms with Crippen molar-refractivity contribution in [3.63, 3.8) is 0 Å². The largest absolute Gasteiger partial charge is 0.378 e. The average Bonchev–Trinajstić information content (AvgIpc) is 2.26. The molecule has 1 fully saturated rings. The van der Waals surface area contributed by atoms with Gasteiger partial charge in [0.1, 0.15) is 0 Å². The van der Waals surface area contributed by atoms with Crippen LogP contribution in [0, 0.1) is 5.92 Å². The summed E-state index contributed by atoms with van der Waals surface area (Å²) in [5, 5.41) is 0. The molecule has 1 rings (SSSR count). The Morgan fingerprint density at radius 3 is 2.27 bits per heavy atom. The fourth-order valence-electron chi connectivity index (χ4n) is 1.99. The van der Waals surface area contributed by atoms with Crippen LogP contribution in [0.15, 0.2) is 0 Å². The summed E-state index contributed by atoms with van der Waals surface area (Å²) < 4.78 is 11.0. The molecule has 1 aliphatic rings. The van der Waals surface area contributed by atoms with Crippen molar-refractivity contribution in [1.82, 2.24) is 0 Å². The van der Waals surface area contributed by atoms with Gasteiger partial charge in [-0.15, -0.1) is 0 Å². The van der Waals surface area contributed by atoms with Crippen LogP contribution in [-0.4, -0.2) is 25.4 Å². The van der Waals surface area contributed by atoms with E-state index in [1.165, 1.54) is 0 Å². The number of ether oxygens (including phenoxy) is 2. The van der Waals surface area contributed by atoms with Gasteiger partial charge in [0.2, 0.25) is 0 Å². The fraction of sp³-hybridized carbons (Fsp3) is 1.00. The van der Waals surface area contributed by atoms with Crippen molar-refractivity contribution < 1.29 is 9.47 Å². The van der Waals surface area contributed by atoms with Crippen molar-refractivity contribution in [3.8, 4) is 0 Å². The Morgan fingerprint density at radius 1 is 1.36 bits per heavy atom. The van der Waals surface area contributed by atoms with Gasteiger partial charge in [-0.2, -0.15) is 0 Å². The van der Waals surface area contributed by atoms with Crippen LogP contribution in [0.3, 0.4) is 0 Å². The first-order valence-corrected chi connectivity index (χ1v) is 4.39. The second-order valence-corrected chi connectivity index (χ2v) is 3.35. The zero-order chi connectivity index (χ0) is 8.43. The zero-order valence-electron chi connectivity index (χ0n) is 7.83. The minimum absolute atomic E-state index is 0.264. The molecule has 0 aliphatic carbocycles.